The van der Waals surface area contributed by atoms with Crippen molar-refractivity contribution in [2.45, 2.75) is 25.7 Å². The van der Waals surface area contributed by atoms with E-state index >= 15 is 0 Å². The fourth-order valence-corrected chi connectivity index (χ4v) is 9.18. The first-order valence-electron chi connectivity index (χ1n) is 10.7. The summed E-state index contributed by atoms with van der Waals surface area (Å²) in [6.07, 6.45) is 4.00. The lowest BCUT2D eigenvalue weighted by atomic mass is 10.1. The molecule has 1 aliphatic rings. The van der Waals surface area contributed by atoms with Gasteiger partial charge < -0.3 is 9.47 Å². The maximum Gasteiger partial charge on any atom is 0.343 e. The van der Waals surface area contributed by atoms with Gasteiger partial charge in [0.1, 0.15) is 34.2 Å². The topological polar surface area (TPSA) is 35.5 Å². The van der Waals surface area contributed by atoms with Gasteiger partial charge in [0.05, 0.1) is 7.11 Å². The average Bonchev–Trinajstić information content (AvgIpc) is 2.86. The van der Waals surface area contributed by atoms with E-state index in [1.807, 2.05) is 0 Å². The molecule has 31 heavy (non-hydrogen) atoms. The Balaban J connectivity index is 2.01. The predicted molar refractivity (Wildman–Crippen MR) is 129 cm³/mol. The molecule has 4 rings (SSSR count). The van der Waals surface area contributed by atoms with Crippen LogP contribution in [0.25, 0.3) is 0 Å². The quantitative estimate of drug-likeness (QED) is 0.392. The third kappa shape index (κ3) is 4.29. The molecule has 0 atom stereocenters. The molecular weight excluding hydrogens is 403 g/mol. The lowest BCUT2D eigenvalue weighted by Crippen LogP contribution is -2.34. The predicted octanol–water partition coefficient (Wildman–Crippen LogP) is 4.96. The number of carbonyl (C=O) groups is 1. The molecule has 0 aromatic heterocycles. The van der Waals surface area contributed by atoms with Gasteiger partial charge in [-0.1, -0.05) is 54.6 Å². The van der Waals surface area contributed by atoms with Gasteiger partial charge in [-0.05, 0) is 49.2 Å². The Hall–Kier alpha value is -2.90. The zero-order valence-electron chi connectivity index (χ0n) is 17.9. The molecule has 1 aliphatic carbocycles. The summed E-state index contributed by atoms with van der Waals surface area (Å²) < 4.78 is 11.0. The van der Waals surface area contributed by atoms with Crippen molar-refractivity contribution in [1.82, 2.24) is 0 Å². The molecule has 3 nitrogen and oxygen atoms in total. The maximum absolute atomic E-state index is 11.9. The van der Waals surface area contributed by atoms with Crippen molar-refractivity contribution < 1.29 is 14.3 Å². The van der Waals surface area contributed by atoms with Crippen LogP contribution in [0.3, 0.4) is 0 Å². The molecule has 3 aromatic rings. The monoisotopic (exact) mass is 431 g/mol. The fourth-order valence-electron chi connectivity index (χ4n) is 4.45. The fraction of sp³-hybridized carbons (Fsp3) is 0.222. The second-order valence-electron chi connectivity index (χ2n) is 7.62. The molecular formula is C27H28O3P+. The summed E-state index contributed by atoms with van der Waals surface area (Å²) in [5, 5.41) is 5.27. The van der Waals surface area contributed by atoms with E-state index in [-0.39, 0.29) is 12.6 Å². The summed E-state index contributed by atoms with van der Waals surface area (Å²) in [6, 6.07) is 32.4. The molecule has 0 saturated heterocycles. The number of hydrogen-bond acceptors (Lipinski definition) is 3. The van der Waals surface area contributed by atoms with Gasteiger partial charge in [-0.25, -0.2) is 4.79 Å². The number of benzene rings is 3. The van der Waals surface area contributed by atoms with Crippen molar-refractivity contribution in [2.24, 2.45) is 0 Å². The van der Waals surface area contributed by atoms with E-state index in [0.29, 0.717) is 0 Å². The van der Waals surface area contributed by atoms with Gasteiger partial charge in [0, 0.05) is 12.8 Å². The molecule has 0 unspecified atom stereocenters. The van der Waals surface area contributed by atoms with Crippen LogP contribution in [-0.2, 0) is 14.3 Å². The van der Waals surface area contributed by atoms with Crippen LogP contribution in [0.4, 0.5) is 0 Å². The second-order valence-corrected chi connectivity index (χ2v) is 11.0. The molecule has 0 aliphatic heterocycles. The number of allylic oxidation sites excluding steroid dienone is 2. The minimum Gasteiger partial charge on any atom is -0.482 e. The molecule has 0 N–H and O–H groups in total. The number of ether oxygens (including phenoxy) is 2. The van der Waals surface area contributed by atoms with E-state index in [2.05, 4.69) is 91.0 Å². The van der Waals surface area contributed by atoms with Crippen LogP contribution < -0.4 is 15.9 Å². The summed E-state index contributed by atoms with van der Waals surface area (Å²) in [4.78, 5) is 11.9. The summed E-state index contributed by atoms with van der Waals surface area (Å²) >= 11 is 0. The minimum atomic E-state index is -2.15. The SMILES string of the molecule is COC(=O)COC1=C([P+](c2ccccc2)(c2ccccc2)c2ccccc2)CCCC1. The largest absolute Gasteiger partial charge is 0.482 e. The van der Waals surface area contributed by atoms with Gasteiger partial charge in [0.25, 0.3) is 0 Å². The number of methoxy groups -OCH3 is 1. The van der Waals surface area contributed by atoms with E-state index in [1.54, 1.807) is 0 Å². The number of carbonyl (C=O) groups excluding carboxylic acids is 1. The van der Waals surface area contributed by atoms with Crippen LogP contribution in [0.5, 0.6) is 0 Å². The average molecular weight is 431 g/mol. The Bertz CT molecular complexity index is 933. The number of esters is 1. The second kappa shape index (κ2) is 9.94. The smallest absolute Gasteiger partial charge is 0.343 e. The standard InChI is InChI=1S/C27H28O3P/c1-29-27(28)21-30-25-19-11-12-20-26(25)31(22-13-5-2-6-14-22,23-15-7-3-8-16-23)24-17-9-4-10-18-24/h2-10,13-18H,11-12,19-21H2,1H3/q+1. The summed E-state index contributed by atoms with van der Waals surface area (Å²) in [5.41, 5.74) is 0. The zero-order valence-corrected chi connectivity index (χ0v) is 18.8. The van der Waals surface area contributed by atoms with Gasteiger partial charge in [-0.15, -0.1) is 0 Å². The van der Waals surface area contributed by atoms with Crippen molar-refractivity contribution in [1.29, 1.82) is 0 Å². The van der Waals surface area contributed by atoms with Crippen molar-refractivity contribution in [3.8, 4) is 0 Å². The molecule has 0 heterocycles. The van der Waals surface area contributed by atoms with Crippen LogP contribution in [0.2, 0.25) is 0 Å². The Morgan fingerprint density at radius 3 is 1.65 bits per heavy atom. The van der Waals surface area contributed by atoms with Gasteiger partial charge in [0.15, 0.2) is 6.61 Å². The van der Waals surface area contributed by atoms with E-state index in [1.165, 1.54) is 28.3 Å². The van der Waals surface area contributed by atoms with E-state index in [9.17, 15) is 4.79 Å². The van der Waals surface area contributed by atoms with Crippen LogP contribution in [0, 0.1) is 0 Å². The zero-order chi connectivity index (χ0) is 21.5. The Labute approximate surface area is 185 Å². The summed E-state index contributed by atoms with van der Waals surface area (Å²) in [6.45, 7) is -0.0479. The number of hydrogen-bond donors (Lipinski definition) is 0. The minimum absolute atomic E-state index is 0.0479. The third-order valence-electron chi connectivity index (χ3n) is 5.82. The normalized spacial score (nSPS) is 14.2. The third-order valence-corrected chi connectivity index (χ3v) is 10.3. The van der Waals surface area contributed by atoms with Gasteiger partial charge in [-0.2, -0.15) is 0 Å². The van der Waals surface area contributed by atoms with Crippen molar-refractivity contribution in [3.05, 3.63) is 102 Å². The molecule has 0 fully saturated rings. The van der Waals surface area contributed by atoms with E-state index in [0.717, 1.165) is 31.4 Å². The van der Waals surface area contributed by atoms with Gasteiger partial charge in [-0.3, -0.25) is 0 Å². The Morgan fingerprint density at radius 1 is 0.742 bits per heavy atom. The van der Waals surface area contributed by atoms with E-state index < -0.39 is 7.26 Å². The Morgan fingerprint density at radius 2 is 1.19 bits per heavy atom. The lowest BCUT2D eigenvalue weighted by Gasteiger charge is -2.32. The lowest BCUT2D eigenvalue weighted by molar-refractivity contribution is -0.144. The molecule has 0 saturated carbocycles. The molecule has 0 bridgehead atoms. The molecule has 0 radical (unpaired) electrons. The summed E-state index contributed by atoms with van der Waals surface area (Å²) in [7, 11) is -0.751. The maximum atomic E-state index is 11.9. The van der Waals surface area contributed by atoms with Crippen molar-refractivity contribution in [2.75, 3.05) is 13.7 Å². The molecule has 0 spiro atoms. The number of rotatable bonds is 7. The highest BCUT2D eigenvalue weighted by molar-refractivity contribution is 7.99. The van der Waals surface area contributed by atoms with Gasteiger partial charge >= 0.3 is 5.97 Å². The van der Waals surface area contributed by atoms with E-state index in [4.69, 9.17) is 9.47 Å². The molecule has 3 aromatic carbocycles. The Kier molecular flexibility index (Phi) is 6.84. The first-order valence-corrected chi connectivity index (χ1v) is 12.5. The first-order chi connectivity index (χ1) is 15.3. The first kappa shape index (κ1) is 21.3. The van der Waals surface area contributed by atoms with Crippen LogP contribution in [0.1, 0.15) is 25.7 Å². The van der Waals surface area contributed by atoms with Crippen LogP contribution in [0.15, 0.2) is 102 Å². The highest BCUT2D eigenvalue weighted by Crippen LogP contribution is 2.65. The molecule has 158 valence electrons. The summed E-state index contributed by atoms with van der Waals surface area (Å²) in [5.74, 6) is 0.613. The van der Waals surface area contributed by atoms with Gasteiger partial charge in [0.2, 0.25) is 0 Å². The molecule has 0 amide bonds. The van der Waals surface area contributed by atoms with Crippen molar-refractivity contribution >= 4 is 29.1 Å². The van der Waals surface area contributed by atoms with Crippen molar-refractivity contribution in [3.63, 3.8) is 0 Å². The van der Waals surface area contributed by atoms with Crippen LogP contribution >= 0.6 is 7.26 Å². The highest BCUT2D eigenvalue weighted by atomic mass is 31.2. The van der Waals surface area contributed by atoms with Crippen LogP contribution in [-0.4, -0.2) is 19.7 Å². The molecule has 4 heteroatoms. The highest BCUT2D eigenvalue weighted by Gasteiger charge is 2.51.